The monoisotopic (exact) mass is 267 g/mol. The maximum absolute atomic E-state index is 12.8. The third kappa shape index (κ3) is 3.12. The van der Waals surface area contributed by atoms with Gasteiger partial charge in [0.2, 0.25) is 0 Å². The first-order valence-corrected chi connectivity index (χ1v) is 5.83. The highest BCUT2D eigenvalue weighted by molar-refractivity contribution is 5.95. The van der Waals surface area contributed by atoms with E-state index in [1.54, 1.807) is 4.90 Å². The third-order valence-corrected chi connectivity index (χ3v) is 2.77. The Morgan fingerprint density at radius 2 is 2.32 bits per heavy atom. The van der Waals surface area contributed by atoms with Gasteiger partial charge in [0, 0.05) is 18.8 Å². The number of nitrogens with zero attached hydrogens (tertiary/aromatic N) is 1. The smallest absolute Gasteiger partial charge is 0.340 e. The molecule has 1 saturated heterocycles. The zero-order valence-corrected chi connectivity index (χ0v) is 10.2. The van der Waals surface area contributed by atoms with Crippen molar-refractivity contribution in [2.45, 2.75) is 0 Å². The fourth-order valence-corrected chi connectivity index (χ4v) is 1.77. The molecule has 2 rings (SSSR count). The molecule has 7 heteroatoms. The molecule has 1 heterocycles. The molecular formula is C12H14FN3O3. The molecule has 3 N–H and O–H groups in total. The molecule has 0 bridgehead atoms. The number of nitrogen functional groups attached to an aromatic ring is 1. The molecule has 0 radical (unpaired) electrons. The van der Waals surface area contributed by atoms with Crippen LogP contribution in [0.3, 0.4) is 0 Å². The van der Waals surface area contributed by atoms with Gasteiger partial charge in [-0.15, -0.1) is 0 Å². The molecule has 0 unspecified atom stereocenters. The van der Waals surface area contributed by atoms with Crippen LogP contribution in [-0.4, -0.2) is 43.1 Å². The number of urea groups is 1. The summed E-state index contributed by atoms with van der Waals surface area (Å²) in [6, 6.07) is 3.30. The van der Waals surface area contributed by atoms with E-state index in [4.69, 9.17) is 10.5 Å². The van der Waals surface area contributed by atoms with Crippen LogP contribution in [0.1, 0.15) is 10.4 Å². The lowest BCUT2D eigenvalue weighted by Crippen LogP contribution is -2.31. The fourth-order valence-electron chi connectivity index (χ4n) is 1.77. The van der Waals surface area contributed by atoms with Crippen LogP contribution in [0, 0.1) is 5.82 Å². The molecule has 1 aromatic carbocycles. The van der Waals surface area contributed by atoms with Gasteiger partial charge in [0.1, 0.15) is 12.4 Å². The topological polar surface area (TPSA) is 84.7 Å². The Morgan fingerprint density at radius 3 is 2.95 bits per heavy atom. The molecular weight excluding hydrogens is 253 g/mol. The van der Waals surface area contributed by atoms with E-state index >= 15 is 0 Å². The Labute approximate surface area is 109 Å². The Morgan fingerprint density at radius 1 is 1.53 bits per heavy atom. The third-order valence-electron chi connectivity index (χ3n) is 2.77. The predicted octanol–water partition coefficient (Wildman–Crippen LogP) is 0.590. The maximum atomic E-state index is 12.8. The lowest BCUT2D eigenvalue weighted by molar-refractivity contribution is 0.0482. The molecule has 1 aromatic rings. The molecule has 1 fully saturated rings. The van der Waals surface area contributed by atoms with Crippen LogP contribution in [0.25, 0.3) is 0 Å². The van der Waals surface area contributed by atoms with E-state index in [0.29, 0.717) is 19.6 Å². The van der Waals surface area contributed by atoms with E-state index in [1.165, 1.54) is 6.07 Å². The van der Waals surface area contributed by atoms with Crippen molar-refractivity contribution in [1.82, 2.24) is 10.2 Å². The predicted molar refractivity (Wildman–Crippen MR) is 66.1 cm³/mol. The molecule has 1 aliphatic heterocycles. The van der Waals surface area contributed by atoms with Crippen molar-refractivity contribution in [2.75, 3.05) is 32.0 Å². The number of nitrogens with one attached hydrogen (secondary N) is 1. The van der Waals surface area contributed by atoms with Gasteiger partial charge in [-0.2, -0.15) is 0 Å². The minimum Gasteiger partial charge on any atom is -0.460 e. The second-order valence-electron chi connectivity index (χ2n) is 4.09. The van der Waals surface area contributed by atoms with Gasteiger partial charge in [-0.3, -0.25) is 0 Å². The first-order valence-electron chi connectivity index (χ1n) is 5.83. The summed E-state index contributed by atoms with van der Waals surface area (Å²) in [4.78, 5) is 24.5. The minimum absolute atomic E-state index is 0.0314. The van der Waals surface area contributed by atoms with Crippen LogP contribution in [0.15, 0.2) is 18.2 Å². The molecule has 0 saturated carbocycles. The molecule has 0 spiro atoms. The SMILES string of the molecule is Nc1cc(F)ccc1C(=O)OCCN1CCNC1=O. The maximum Gasteiger partial charge on any atom is 0.340 e. The van der Waals surface area contributed by atoms with Crippen LogP contribution in [0.4, 0.5) is 14.9 Å². The van der Waals surface area contributed by atoms with Crippen LogP contribution >= 0.6 is 0 Å². The van der Waals surface area contributed by atoms with E-state index in [1.807, 2.05) is 0 Å². The van der Waals surface area contributed by atoms with Gasteiger partial charge in [-0.25, -0.2) is 14.0 Å². The number of halogens is 1. The lowest BCUT2D eigenvalue weighted by Gasteiger charge is -2.14. The molecule has 0 atom stereocenters. The lowest BCUT2D eigenvalue weighted by atomic mass is 10.2. The summed E-state index contributed by atoms with van der Waals surface area (Å²) in [7, 11) is 0. The summed E-state index contributed by atoms with van der Waals surface area (Å²) in [6.07, 6.45) is 0. The number of amides is 2. The first-order chi connectivity index (χ1) is 9.08. The average Bonchev–Trinajstić information content (AvgIpc) is 2.75. The van der Waals surface area contributed by atoms with Crippen molar-refractivity contribution in [3.63, 3.8) is 0 Å². The Hall–Kier alpha value is -2.31. The van der Waals surface area contributed by atoms with Gasteiger partial charge in [-0.1, -0.05) is 0 Å². The molecule has 19 heavy (non-hydrogen) atoms. The van der Waals surface area contributed by atoms with E-state index < -0.39 is 11.8 Å². The number of nitrogens with two attached hydrogens (primary N) is 1. The normalized spacial score (nSPS) is 14.4. The summed E-state index contributed by atoms with van der Waals surface area (Å²) < 4.78 is 17.8. The molecule has 2 amide bonds. The number of benzene rings is 1. The quantitative estimate of drug-likeness (QED) is 0.617. The average molecular weight is 267 g/mol. The first kappa shape index (κ1) is 13.1. The zero-order chi connectivity index (χ0) is 13.8. The highest BCUT2D eigenvalue weighted by atomic mass is 19.1. The van der Waals surface area contributed by atoms with Crippen molar-refractivity contribution in [1.29, 1.82) is 0 Å². The van der Waals surface area contributed by atoms with Crippen LogP contribution < -0.4 is 11.1 Å². The number of carbonyl (C=O) groups excluding carboxylic acids is 2. The van der Waals surface area contributed by atoms with Crippen molar-refractivity contribution in [2.24, 2.45) is 0 Å². The Bertz CT molecular complexity index is 507. The summed E-state index contributed by atoms with van der Waals surface area (Å²) >= 11 is 0. The standard InChI is InChI=1S/C12H14FN3O3/c13-8-1-2-9(10(14)7-8)11(17)19-6-5-16-4-3-15-12(16)18/h1-2,7H,3-6,14H2,(H,15,18). The molecule has 1 aliphatic rings. The van der Waals surface area contributed by atoms with Gasteiger partial charge in [-0.05, 0) is 18.2 Å². The minimum atomic E-state index is -0.628. The summed E-state index contributed by atoms with van der Waals surface area (Å²) in [6.45, 7) is 1.58. The molecule has 0 aromatic heterocycles. The summed E-state index contributed by atoms with van der Waals surface area (Å²) in [5.74, 6) is -1.14. The van der Waals surface area contributed by atoms with Gasteiger partial charge >= 0.3 is 12.0 Å². The largest absolute Gasteiger partial charge is 0.460 e. The highest BCUT2D eigenvalue weighted by Crippen LogP contribution is 2.14. The number of rotatable bonds is 4. The van der Waals surface area contributed by atoms with Crippen LogP contribution in [0.5, 0.6) is 0 Å². The Balaban J connectivity index is 1.85. The second-order valence-corrected chi connectivity index (χ2v) is 4.09. The van der Waals surface area contributed by atoms with Gasteiger partial charge in [0.15, 0.2) is 0 Å². The zero-order valence-electron chi connectivity index (χ0n) is 10.2. The van der Waals surface area contributed by atoms with Gasteiger partial charge in [0.05, 0.1) is 12.1 Å². The molecule has 102 valence electrons. The molecule has 6 nitrogen and oxygen atoms in total. The second kappa shape index (κ2) is 5.55. The summed E-state index contributed by atoms with van der Waals surface area (Å²) in [5, 5.41) is 2.64. The Kier molecular flexibility index (Phi) is 3.84. The van der Waals surface area contributed by atoms with E-state index in [2.05, 4.69) is 5.32 Å². The van der Waals surface area contributed by atoms with Crippen molar-refractivity contribution in [3.05, 3.63) is 29.6 Å². The van der Waals surface area contributed by atoms with Crippen LogP contribution in [0.2, 0.25) is 0 Å². The van der Waals surface area contributed by atoms with Crippen molar-refractivity contribution in [3.8, 4) is 0 Å². The van der Waals surface area contributed by atoms with Crippen molar-refractivity contribution < 1.29 is 18.7 Å². The number of ether oxygens (including phenoxy) is 1. The van der Waals surface area contributed by atoms with Crippen molar-refractivity contribution >= 4 is 17.7 Å². The summed E-state index contributed by atoms with van der Waals surface area (Å²) in [5.41, 5.74) is 5.67. The number of esters is 1. The number of hydrogen-bond acceptors (Lipinski definition) is 4. The fraction of sp³-hybridized carbons (Fsp3) is 0.333. The van der Waals surface area contributed by atoms with E-state index in [9.17, 15) is 14.0 Å². The highest BCUT2D eigenvalue weighted by Gasteiger charge is 2.19. The number of hydrogen-bond donors (Lipinski definition) is 2. The van der Waals surface area contributed by atoms with Gasteiger partial charge < -0.3 is 20.7 Å². The molecule has 0 aliphatic carbocycles. The van der Waals surface area contributed by atoms with Gasteiger partial charge in [0.25, 0.3) is 0 Å². The number of anilines is 1. The number of carbonyl (C=O) groups is 2. The van der Waals surface area contributed by atoms with Crippen LogP contribution in [-0.2, 0) is 4.74 Å². The van der Waals surface area contributed by atoms with E-state index in [0.717, 1.165) is 12.1 Å². The van der Waals surface area contributed by atoms with E-state index in [-0.39, 0.29) is 23.9 Å².